The van der Waals surface area contributed by atoms with E-state index in [0.717, 1.165) is 26.9 Å². The minimum atomic E-state index is 0.619. The summed E-state index contributed by atoms with van der Waals surface area (Å²) in [6.45, 7) is 8.48. The number of nitrogens with zero attached hydrogens (tertiary/aromatic N) is 1. The molecule has 0 aliphatic carbocycles. The van der Waals surface area contributed by atoms with Gasteiger partial charge in [0, 0.05) is 5.56 Å². The van der Waals surface area contributed by atoms with E-state index in [2.05, 4.69) is 11.6 Å². The van der Waals surface area contributed by atoms with E-state index in [1.54, 1.807) is 18.4 Å². The van der Waals surface area contributed by atoms with Gasteiger partial charge in [-0.15, -0.1) is 11.3 Å². The molecule has 1 heterocycles. The SMILES string of the molecule is C=C(OCC)c1sc(-c2ccc(OC)cc2)nc1C. The molecule has 1 aromatic heterocycles. The fourth-order valence-corrected chi connectivity index (χ4v) is 2.75. The lowest BCUT2D eigenvalue weighted by Crippen LogP contribution is -1.88. The fraction of sp³-hybridized carbons (Fsp3) is 0.267. The van der Waals surface area contributed by atoms with Gasteiger partial charge in [-0.3, -0.25) is 0 Å². The fourth-order valence-electron chi connectivity index (χ4n) is 1.75. The summed E-state index contributed by atoms with van der Waals surface area (Å²) in [5.41, 5.74) is 2.03. The van der Waals surface area contributed by atoms with Crippen LogP contribution >= 0.6 is 11.3 Å². The van der Waals surface area contributed by atoms with Crippen LogP contribution in [-0.2, 0) is 4.74 Å². The summed E-state index contributed by atoms with van der Waals surface area (Å²) in [5.74, 6) is 1.54. The quantitative estimate of drug-likeness (QED) is 0.769. The summed E-state index contributed by atoms with van der Waals surface area (Å²) in [5, 5.41) is 0.969. The summed E-state index contributed by atoms with van der Waals surface area (Å²) >= 11 is 1.60. The number of benzene rings is 1. The van der Waals surface area contributed by atoms with Crippen LogP contribution in [0, 0.1) is 6.92 Å². The van der Waals surface area contributed by atoms with Crippen molar-refractivity contribution in [3.8, 4) is 16.3 Å². The van der Waals surface area contributed by atoms with Crippen molar-refractivity contribution in [3.63, 3.8) is 0 Å². The molecule has 3 nitrogen and oxygen atoms in total. The molecule has 1 aromatic carbocycles. The molecule has 0 fully saturated rings. The largest absolute Gasteiger partial charge is 0.497 e. The molecule has 0 N–H and O–H groups in total. The number of thiazole rings is 1. The van der Waals surface area contributed by atoms with E-state index in [9.17, 15) is 0 Å². The second-order valence-corrected chi connectivity index (χ2v) is 5.02. The summed E-state index contributed by atoms with van der Waals surface area (Å²) < 4.78 is 10.6. The van der Waals surface area contributed by atoms with E-state index < -0.39 is 0 Å². The third-order valence-electron chi connectivity index (χ3n) is 2.71. The molecule has 0 atom stereocenters. The van der Waals surface area contributed by atoms with Gasteiger partial charge < -0.3 is 9.47 Å². The Labute approximate surface area is 117 Å². The Hall–Kier alpha value is -1.81. The third-order valence-corrected chi connectivity index (χ3v) is 3.95. The maximum atomic E-state index is 5.45. The number of ether oxygens (including phenoxy) is 2. The van der Waals surface area contributed by atoms with Crippen molar-refractivity contribution >= 4 is 17.1 Å². The van der Waals surface area contributed by atoms with Crippen LogP contribution in [-0.4, -0.2) is 18.7 Å². The predicted molar refractivity (Wildman–Crippen MR) is 79.5 cm³/mol. The first-order valence-electron chi connectivity index (χ1n) is 6.09. The molecule has 0 bridgehead atoms. The van der Waals surface area contributed by atoms with Crippen LogP contribution in [0.3, 0.4) is 0 Å². The van der Waals surface area contributed by atoms with Crippen LogP contribution < -0.4 is 4.74 Å². The zero-order valence-electron chi connectivity index (χ0n) is 11.4. The maximum Gasteiger partial charge on any atom is 0.131 e. The predicted octanol–water partition coefficient (Wildman–Crippen LogP) is 4.13. The normalized spacial score (nSPS) is 10.3. The lowest BCUT2D eigenvalue weighted by atomic mass is 10.2. The zero-order valence-corrected chi connectivity index (χ0v) is 12.2. The van der Waals surface area contributed by atoms with Gasteiger partial charge in [0.2, 0.25) is 0 Å². The van der Waals surface area contributed by atoms with Gasteiger partial charge in [-0.1, -0.05) is 6.58 Å². The maximum absolute atomic E-state index is 5.45. The highest BCUT2D eigenvalue weighted by Crippen LogP contribution is 2.32. The molecule has 0 unspecified atom stereocenters. The van der Waals surface area contributed by atoms with Gasteiger partial charge in [-0.2, -0.15) is 0 Å². The van der Waals surface area contributed by atoms with Crippen LogP contribution in [0.2, 0.25) is 0 Å². The molecule has 0 saturated heterocycles. The van der Waals surface area contributed by atoms with Crippen LogP contribution in [0.1, 0.15) is 17.5 Å². The smallest absolute Gasteiger partial charge is 0.131 e. The van der Waals surface area contributed by atoms with E-state index in [-0.39, 0.29) is 0 Å². The Bertz CT molecular complexity index is 572. The Morgan fingerprint density at radius 2 is 2.00 bits per heavy atom. The Morgan fingerprint density at radius 1 is 1.32 bits per heavy atom. The molecular weight excluding hydrogens is 258 g/mol. The molecule has 100 valence electrons. The highest BCUT2D eigenvalue weighted by molar-refractivity contribution is 7.16. The molecule has 0 saturated carbocycles. The molecule has 2 rings (SSSR count). The van der Waals surface area contributed by atoms with Crippen molar-refractivity contribution in [1.29, 1.82) is 0 Å². The minimum absolute atomic E-state index is 0.619. The van der Waals surface area contributed by atoms with E-state index in [0.29, 0.717) is 12.4 Å². The van der Waals surface area contributed by atoms with E-state index >= 15 is 0 Å². The number of aromatic nitrogens is 1. The van der Waals surface area contributed by atoms with Crippen molar-refractivity contribution < 1.29 is 9.47 Å². The van der Waals surface area contributed by atoms with Crippen LogP contribution in [0.15, 0.2) is 30.8 Å². The third kappa shape index (κ3) is 2.96. The van der Waals surface area contributed by atoms with Crippen LogP contribution in [0.25, 0.3) is 16.3 Å². The Kier molecular flexibility index (Phi) is 4.22. The monoisotopic (exact) mass is 275 g/mol. The van der Waals surface area contributed by atoms with Crippen molar-refractivity contribution in [2.24, 2.45) is 0 Å². The number of methoxy groups -OCH3 is 1. The van der Waals surface area contributed by atoms with Crippen LogP contribution in [0.4, 0.5) is 0 Å². The molecule has 0 aliphatic heterocycles. The van der Waals surface area contributed by atoms with E-state index in [1.807, 2.05) is 38.1 Å². The molecule has 19 heavy (non-hydrogen) atoms. The number of hydrogen-bond donors (Lipinski definition) is 0. The first kappa shape index (κ1) is 13.6. The summed E-state index contributed by atoms with van der Waals surface area (Å²) in [6, 6.07) is 7.88. The number of aryl methyl sites for hydroxylation is 1. The van der Waals surface area contributed by atoms with Gasteiger partial charge in [-0.25, -0.2) is 4.98 Å². The highest BCUT2D eigenvalue weighted by atomic mass is 32.1. The molecule has 2 aromatic rings. The first-order valence-corrected chi connectivity index (χ1v) is 6.91. The lowest BCUT2D eigenvalue weighted by Gasteiger charge is -2.03. The second kappa shape index (κ2) is 5.89. The summed E-state index contributed by atoms with van der Waals surface area (Å²) in [6.07, 6.45) is 0. The Morgan fingerprint density at radius 3 is 2.58 bits per heavy atom. The van der Waals surface area contributed by atoms with E-state index in [4.69, 9.17) is 9.47 Å². The van der Waals surface area contributed by atoms with Crippen molar-refractivity contribution in [2.75, 3.05) is 13.7 Å². The topological polar surface area (TPSA) is 31.4 Å². The van der Waals surface area contributed by atoms with Crippen molar-refractivity contribution in [2.45, 2.75) is 13.8 Å². The first-order chi connectivity index (χ1) is 9.15. The zero-order chi connectivity index (χ0) is 13.8. The number of rotatable bonds is 5. The van der Waals surface area contributed by atoms with Gasteiger partial charge in [0.25, 0.3) is 0 Å². The minimum Gasteiger partial charge on any atom is -0.497 e. The average Bonchev–Trinajstić information content (AvgIpc) is 2.81. The number of hydrogen-bond acceptors (Lipinski definition) is 4. The average molecular weight is 275 g/mol. The Balaban J connectivity index is 2.30. The van der Waals surface area contributed by atoms with Crippen LogP contribution in [0.5, 0.6) is 5.75 Å². The van der Waals surface area contributed by atoms with Crippen molar-refractivity contribution in [1.82, 2.24) is 4.98 Å². The molecule has 0 amide bonds. The summed E-state index contributed by atoms with van der Waals surface area (Å²) in [4.78, 5) is 5.58. The van der Waals surface area contributed by atoms with Gasteiger partial charge in [0.1, 0.15) is 16.5 Å². The standard InChI is InChI=1S/C15H17NO2S/c1-5-18-11(3)14-10(2)16-15(19-14)12-6-8-13(17-4)9-7-12/h6-9H,3,5H2,1-2,4H3. The summed E-state index contributed by atoms with van der Waals surface area (Å²) in [7, 11) is 1.66. The molecule has 0 spiro atoms. The highest BCUT2D eigenvalue weighted by Gasteiger charge is 2.12. The molecule has 4 heteroatoms. The van der Waals surface area contributed by atoms with Gasteiger partial charge in [0.15, 0.2) is 0 Å². The van der Waals surface area contributed by atoms with E-state index in [1.165, 1.54) is 0 Å². The van der Waals surface area contributed by atoms with Gasteiger partial charge in [-0.05, 0) is 38.1 Å². The van der Waals surface area contributed by atoms with Gasteiger partial charge >= 0.3 is 0 Å². The molecular formula is C15H17NO2S. The lowest BCUT2D eigenvalue weighted by molar-refractivity contribution is 0.300. The second-order valence-electron chi connectivity index (χ2n) is 4.02. The van der Waals surface area contributed by atoms with Gasteiger partial charge in [0.05, 0.1) is 24.3 Å². The van der Waals surface area contributed by atoms with Crippen molar-refractivity contribution in [3.05, 3.63) is 41.4 Å². The molecule has 0 aliphatic rings. The molecule has 0 radical (unpaired) electrons.